The van der Waals surface area contributed by atoms with Gasteiger partial charge in [-0.05, 0) is 86.3 Å². The molecule has 1 fully saturated rings. The van der Waals surface area contributed by atoms with Crippen LogP contribution in [0.15, 0.2) is 102 Å². The summed E-state index contributed by atoms with van der Waals surface area (Å²) in [4.78, 5) is 33.1. The molecule has 0 saturated heterocycles. The number of rotatable bonds is 24. The Labute approximate surface area is 364 Å². The van der Waals surface area contributed by atoms with Crippen LogP contribution in [-0.2, 0) is 25.7 Å². The Kier molecular flexibility index (Phi) is 16.9. The Bertz CT molecular complexity index is 2010. The van der Waals surface area contributed by atoms with E-state index in [1.165, 1.54) is 12.1 Å². The molecule has 14 nitrogen and oxygen atoms in total. The maximum Gasteiger partial charge on any atom is 0.410 e. The molecule has 3 aliphatic rings. The van der Waals surface area contributed by atoms with Gasteiger partial charge in [-0.1, -0.05) is 73.5 Å². The predicted molar refractivity (Wildman–Crippen MR) is 234 cm³/mol. The molecule has 2 N–H and O–H groups in total. The number of nitro benzene ring substituents is 1. The monoisotopic (exact) mass is 855 g/mol. The third-order valence-electron chi connectivity index (χ3n) is 11.9. The first kappa shape index (κ1) is 46.2. The molecule has 1 aliphatic heterocycles. The van der Waals surface area contributed by atoms with Crippen LogP contribution in [0.1, 0.15) is 82.3 Å². The van der Waals surface area contributed by atoms with Crippen LogP contribution in [0.25, 0.3) is 0 Å². The summed E-state index contributed by atoms with van der Waals surface area (Å²) in [5, 5.41) is 36.1. The zero-order chi connectivity index (χ0) is 43.9. The average Bonchev–Trinajstić information content (AvgIpc) is 3.28. The van der Waals surface area contributed by atoms with Crippen molar-refractivity contribution in [2.24, 2.45) is 22.9 Å². The fourth-order valence-corrected chi connectivity index (χ4v) is 9.30. The molecule has 1 heterocycles. The molecule has 0 radical (unpaired) electrons. The molecule has 2 aliphatic carbocycles. The number of amides is 1. The Balaban J connectivity index is 1.47. The lowest BCUT2D eigenvalue weighted by atomic mass is 9.55. The number of oxime groups is 1. The summed E-state index contributed by atoms with van der Waals surface area (Å²) in [5.41, 5.74) is 3.38. The van der Waals surface area contributed by atoms with Crippen molar-refractivity contribution >= 4 is 17.5 Å². The lowest BCUT2D eigenvalue weighted by Crippen LogP contribution is -2.70. The largest absolute Gasteiger partial charge is 0.459 e. The fraction of sp³-hybridized carbons (Fsp3) is 0.500. The second kappa shape index (κ2) is 22.7. The predicted octanol–water partition coefficient (Wildman–Crippen LogP) is 9.11. The number of nitro groups is 1. The highest BCUT2D eigenvalue weighted by atomic mass is 16.7. The highest BCUT2D eigenvalue weighted by Gasteiger charge is 2.65. The van der Waals surface area contributed by atoms with Gasteiger partial charge in [0.15, 0.2) is 0 Å². The minimum atomic E-state index is -1.45. The van der Waals surface area contributed by atoms with Crippen molar-refractivity contribution in [2.75, 3.05) is 46.2 Å². The van der Waals surface area contributed by atoms with Gasteiger partial charge in [0.05, 0.1) is 42.4 Å². The first-order chi connectivity index (χ1) is 30.3. The molecular formula is C48H61N3O11. The summed E-state index contributed by atoms with van der Waals surface area (Å²) in [6, 6.07) is 20.7. The van der Waals surface area contributed by atoms with Gasteiger partial charge >= 0.3 is 6.09 Å². The van der Waals surface area contributed by atoms with E-state index in [0.29, 0.717) is 62.0 Å². The number of hydrogen-bond acceptors (Lipinski definition) is 12. The van der Waals surface area contributed by atoms with Crippen molar-refractivity contribution in [1.82, 2.24) is 4.90 Å². The Morgan fingerprint density at radius 2 is 1.77 bits per heavy atom. The van der Waals surface area contributed by atoms with Gasteiger partial charge in [0.2, 0.25) is 5.79 Å². The zero-order valence-corrected chi connectivity index (χ0v) is 35.9. The SMILES string of the molecule is C=CCOC12Oc3ccc(Oc4cccc([N+](=O)[O-])c4)cc3C3C(CCCCO)C(CCCCO)C=C(C(=NOCC)CC1N(CCC)C(=O)OCCOCc1ccccc1)C32. The average molecular weight is 856 g/mol. The summed E-state index contributed by atoms with van der Waals surface area (Å²) in [7, 11) is 0. The minimum Gasteiger partial charge on any atom is -0.459 e. The first-order valence-electron chi connectivity index (χ1n) is 22.0. The number of benzene rings is 3. The van der Waals surface area contributed by atoms with Crippen molar-refractivity contribution in [2.45, 2.75) is 89.6 Å². The molecule has 6 rings (SSSR count). The maximum atomic E-state index is 14.4. The van der Waals surface area contributed by atoms with Gasteiger partial charge in [-0.3, -0.25) is 15.0 Å². The molecule has 1 saturated carbocycles. The van der Waals surface area contributed by atoms with Crippen LogP contribution in [0.2, 0.25) is 0 Å². The van der Waals surface area contributed by atoms with E-state index in [4.69, 9.17) is 33.7 Å². The summed E-state index contributed by atoms with van der Waals surface area (Å²) in [6.45, 7) is 9.43. The quantitative estimate of drug-likeness (QED) is 0.0381. The molecule has 6 unspecified atom stereocenters. The second-order valence-corrected chi connectivity index (χ2v) is 15.9. The smallest absolute Gasteiger partial charge is 0.410 e. The molecular weight excluding hydrogens is 795 g/mol. The van der Waals surface area contributed by atoms with E-state index in [2.05, 4.69) is 12.7 Å². The van der Waals surface area contributed by atoms with Crippen molar-refractivity contribution < 1.29 is 48.5 Å². The van der Waals surface area contributed by atoms with Crippen LogP contribution < -0.4 is 9.47 Å². The highest BCUT2D eigenvalue weighted by molar-refractivity contribution is 6.03. The van der Waals surface area contributed by atoms with E-state index in [1.54, 1.807) is 29.2 Å². The van der Waals surface area contributed by atoms with E-state index >= 15 is 0 Å². The van der Waals surface area contributed by atoms with Gasteiger partial charge in [-0.15, -0.1) is 6.58 Å². The van der Waals surface area contributed by atoms with Crippen molar-refractivity contribution in [3.05, 3.63) is 118 Å². The molecule has 0 aromatic heterocycles. The first-order valence-corrected chi connectivity index (χ1v) is 22.0. The number of carbonyl (C=O) groups is 1. The molecule has 1 amide bonds. The number of aliphatic hydroxyl groups is 2. The number of fused-ring (bicyclic) bond motifs is 2. The van der Waals surface area contributed by atoms with E-state index in [1.807, 2.05) is 56.3 Å². The molecule has 3 aromatic rings. The van der Waals surface area contributed by atoms with Gasteiger partial charge in [0.1, 0.15) is 36.5 Å². The molecule has 62 heavy (non-hydrogen) atoms. The number of aliphatic hydroxyl groups excluding tert-OH is 2. The Morgan fingerprint density at radius 1 is 1.00 bits per heavy atom. The van der Waals surface area contributed by atoms with Crippen LogP contribution in [-0.4, -0.2) is 89.9 Å². The number of unbranched alkanes of at least 4 members (excludes halogenated alkanes) is 2. The number of non-ortho nitro benzene ring substituents is 1. The number of allylic oxidation sites excluding steroid dienone is 1. The van der Waals surface area contributed by atoms with E-state index in [9.17, 15) is 25.1 Å². The Morgan fingerprint density at radius 3 is 2.50 bits per heavy atom. The topological polar surface area (TPSA) is 172 Å². The summed E-state index contributed by atoms with van der Waals surface area (Å²) < 4.78 is 32.4. The van der Waals surface area contributed by atoms with Crippen LogP contribution in [0.3, 0.4) is 0 Å². The van der Waals surface area contributed by atoms with Gasteiger partial charge in [0.25, 0.3) is 5.69 Å². The second-order valence-electron chi connectivity index (χ2n) is 15.9. The number of carbonyl (C=O) groups excluding carboxylic acids is 1. The van der Waals surface area contributed by atoms with Crippen LogP contribution >= 0.6 is 0 Å². The van der Waals surface area contributed by atoms with Gasteiger partial charge in [-0.25, -0.2) is 4.79 Å². The van der Waals surface area contributed by atoms with Gasteiger partial charge in [0, 0.05) is 43.7 Å². The molecule has 0 spiro atoms. The minimum absolute atomic E-state index is 0.00292. The highest BCUT2D eigenvalue weighted by Crippen LogP contribution is 2.62. The summed E-state index contributed by atoms with van der Waals surface area (Å²) in [6.07, 6.45) is 8.67. The Hall–Kier alpha value is -5.28. The van der Waals surface area contributed by atoms with Gasteiger partial charge in [-0.2, -0.15) is 0 Å². The molecule has 0 bridgehead atoms. The van der Waals surface area contributed by atoms with Crippen LogP contribution in [0.5, 0.6) is 17.2 Å². The maximum absolute atomic E-state index is 14.4. The number of ether oxygens (including phenoxy) is 5. The lowest BCUT2D eigenvalue weighted by Gasteiger charge is -2.59. The van der Waals surface area contributed by atoms with E-state index < -0.39 is 28.8 Å². The van der Waals surface area contributed by atoms with Crippen LogP contribution in [0.4, 0.5) is 10.5 Å². The van der Waals surface area contributed by atoms with Gasteiger partial charge < -0.3 is 38.7 Å². The standard InChI is InChI=1S/C48H61N3O11/c1-4-23-50(47(54)58-28-27-57-33-34-15-8-7-9-16-34)44-32-42(49-60-6-3)40-29-35(17-10-12-24-52)39(20-11-13-25-53)45-41-31-38(61-37-19-14-18-36(30-37)51(55)56)21-22-43(41)62-48(44,46(40)45)59-26-5-2/h5,7-9,14-16,18-19,21-22,29-31,35,39,44-46,52-53H,2,4,6,10-13,17,20,23-28,32-33H2,1,3H3. The molecule has 14 heteroatoms. The zero-order valence-electron chi connectivity index (χ0n) is 35.9. The van der Waals surface area contributed by atoms with Crippen molar-refractivity contribution in [3.63, 3.8) is 0 Å². The van der Waals surface area contributed by atoms with Crippen LogP contribution in [0, 0.1) is 27.9 Å². The molecule has 3 aromatic carbocycles. The molecule has 334 valence electrons. The van der Waals surface area contributed by atoms with Crippen molar-refractivity contribution in [3.8, 4) is 17.2 Å². The summed E-state index contributed by atoms with van der Waals surface area (Å²) in [5.74, 6) is -0.878. The lowest BCUT2D eigenvalue weighted by molar-refractivity contribution is -0.384. The number of hydrogen-bond donors (Lipinski definition) is 2. The third-order valence-corrected chi connectivity index (χ3v) is 11.9. The third kappa shape index (κ3) is 10.8. The number of nitrogens with zero attached hydrogens (tertiary/aromatic N) is 3. The fourth-order valence-electron chi connectivity index (χ4n) is 9.30. The normalized spacial score (nSPS) is 23.0. The van der Waals surface area contributed by atoms with Crippen molar-refractivity contribution in [1.29, 1.82) is 0 Å². The van der Waals surface area contributed by atoms with E-state index in [0.717, 1.165) is 42.4 Å². The summed E-state index contributed by atoms with van der Waals surface area (Å²) >= 11 is 0. The molecule has 6 atom stereocenters. The van der Waals surface area contributed by atoms with E-state index in [-0.39, 0.29) is 62.9 Å².